The number of thiophene rings is 1. The van der Waals surface area contributed by atoms with Crippen LogP contribution in [-0.2, 0) is 21.3 Å². The average molecular weight is 316 g/mol. The van der Waals surface area contributed by atoms with E-state index in [-0.39, 0.29) is 12.2 Å². The van der Waals surface area contributed by atoms with Gasteiger partial charge in [-0.15, -0.1) is 11.3 Å². The predicted octanol–water partition coefficient (Wildman–Crippen LogP) is 1.41. The van der Waals surface area contributed by atoms with Crippen LogP contribution in [0.4, 0.5) is 0 Å². The minimum atomic E-state index is -3.35. The van der Waals surface area contributed by atoms with Crippen molar-refractivity contribution in [3.63, 3.8) is 0 Å². The minimum Gasteiger partial charge on any atom is -0.372 e. The number of hydrogen-bond acceptors (Lipinski definition) is 5. The molecule has 2 atom stereocenters. The number of nitrogens with one attached hydrogen (secondary N) is 1. The molecule has 0 spiro atoms. The van der Waals surface area contributed by atoms with Crippen molar-refractivity contribution in [3.05, 3.63) is 17.0 Å². The summed E-state index contributed by atoms with van der Waals surface area (Å²) in [5.74, 6) is 0. The highest BCUT2D eigenvalue weighted by Gasteiger charge is 2.39. The lowest BCUT2D eigenvalue weighted by Crippen LogP contribution is -2.45. The summed E-state index contributed by atoms with van der Waals surface area (Å²) in [5.41, 5.74) is 1.03. The van der Waals surface area contributed by atoms with E-state index in [1.807, 2.05) is 12.3 Å². The molecule has 1 aromatic heterocycles. The Morgan fingerprint density at radius 1 is 1.40 bits per heavy atom. The second-order valence-electron chi connectivity index (χ2n) is 5.33. The van der Waals surface area contributed by atoms with Crippen LogP contribution in [0.1, 0.15) is 25.3 Å². The Morgan fingerprint density at radius 2 is 2.10 bits per heavy atom. The summed E-state index contributed by atoms with van der Waals surface area (Å²) in [4.78, 5) is 0. The minimum absolute atomic E-state index is 0.0877. The molecule has 2 saturated heterocycles. The topological polar surface area (TPSA) is 58.6 Å². The Balaban J connectivity index is 1.76. The largest absolute Gasteiger partial charge is 0.372 e. The quantitative estimate of drug-likeness (QED) is 0.892. The van der Waals surface area contributed by atoms with Gasteiger partial charge in [0.1, 0.15) is 4.21 Å². The number of ether oxygens (including phenoxy) is 1. The van der Waals surface area contributed by atoms with E-state index in [0.717, 1.165) is 31.5 Å². The molecule has 2 aliphatic rings. The van der Waals surface area contributed by atoms with E-state index in [1.54, 1.807) is 10.4 Å². The normalized spacial score (nSPS) is 27.1. The number of sulfonamides is 1. The van der Waals surface area contributed by atoms with Gasteiger partial charge in [-0.25, -0.2) is 8.42 Å². The van der Waals surface area contributed by atoms with Crippen molar-refractivity contribution in [1.29, 1.82) is 0 Å². The molecule has 3 heterocycles. The Morgan fingerprint density at radius 3 is 2.75 bits per heavy atom. The van der Waals surface area contributed by atoms with Crippen LogP contribution in [0.25, 0.3) is 0 Å². The summed E-state index contributed by atoms with van der Waals surface area (Å²) in [6.45, 7) is 4.63. The number of morpholine rings is 1. The number of nitrogens with zero attached hydrogens (tertiary/aromatic N) is 1. The first kappa shape index (κ1) is 14.5. The van der Waals surface area contributed by atoms with Gasteiger partial charge in [-0.1, -0.05) is 6.92 Å². The first-order valence-electron chi connectivity index (χ1n) is 7.03. The molecule has 112 valence electrons. The fourth-order valence-corrected chi connectivity index (χ4v) is 5.62. The van der Waals surface area contributed by atoms with Crippen molar-refractivity contribution in [2.45, 2.75) is 42.7 Å². The molecule has 20 heavy (non-hydrogen) atoms. The van der Waals surface area contributed by atoms with Crippen molar-refractivity contribution in [2.24, 2.45) is 0 Å². The second kappa shape index (κ2) is 5.73. The third-order valence-electron chi connectivity index (χ3n) is 3.81. The fourth-order valence-electron chi connectivity index (χ4n) is 2.75. The van der Waals surface area contributed by atoms with Crippen molar-refractivity contribution < 1.29 is 13.2 Å². The summed E-state index contributed by atoms with van der Waals surface area (Å²) in [6, 6.07) is 1.79. The van der Waals surface area contributed by atoms with E-state index in [4.69, 9.17) is 4.74 Å². The lowest BCUT2D eigenvalue weighted by Gasteiger charge is -2.30. The van der Waals surface area contributed by atoms with Crippen LogP contribution in [-0.4, -0.2) is 44.6 Å². The highest BCUT2D eigenvalue weighted by atomic mass is 32.2. The standard InChI is InChI=1S/C13H20N2O3S2/c1-2-14-6-10-5-13(19-9-10)20(16,17)15-7-11-3-4-12(8-15)18-11/h5,9,11-12,14H,2-4,6-8H2,1H3. The second-order valence-corrected chi connectivity index (χ2v) is 8.41. The zero-order valence-electron chi connectivity index (χ0n) is 11.5. The van der Waals surface area contributed by atoms with Crippen LogP contribution < -0.4 is 5.32 Å². The SMILES string of the molecule is CCNCc1csc(S(=O)(=O)N2CC3CCC(C2)O3)c1. The van der Waals surface area contributed by atoms with Crippen LogP contribution in [0.15, 0.2) is 15.7 Å². The molecule has 0 aromatic carbocycles. The number of rotatable bonds is 5. The van der Waals surface area contributed by atoms with Crippen LogP contribution >= 0.6 is 11.3 Å². The van der Waals surface area contributed by atoms with E-state index in [2.05, 4.69) is 5.32 Å². The van der Waals surface area contributed by atoms with E-state index in [9.17, 15) is 8.42 Å². The first-order chi connectivity index (χ1) is 9.59. The summed E-state index contributed by atoms with van der Waals surface area (Å²) >= 11 is 1.31. The maximum absolute atomic E-state index is 12.7. The van der Waals surface area contributed by atoms with Gasteiger partial charge in [0.25, 0.3) is 10.0 Å². The van der Waals surface area contributed by atoms with Gasteiger partial charge in [-0.3, -0.25) is 0 Å². The molecule has 2 aliphatic heterocycles. The Kier molecular flexibility index (Phi) is 4.14. The average Bonchev–Trinajstić information content (AvgIpc) is 3.03. The highest BCUT2D eigenvalue weighted by molar-refractivity contribution is 7.91. The molecule has 0 radical (unpaired) electrons. The third-order valence-corrected chi connectivity index (χ3v) is 7.11. The zero-order chi connectivity index (χ0) is 14.2. The summed E-state index contributed by atoms with van der Waals surface area (Å²) in [6.07, 6.45) is 2.13. The third kappa shape index (κ3) is 2.78. The van der Waals surface area contributed by atoms with E-state index >= 15 is 0 Å². The van der Waals surface area contributed by atoms with E-state index in [1.165, 1.54) is 11.3 Å². The molecular weight excluding hydrogens is 296 g/mol. The Labute approximate surface area is 124 Å². The van der Waals surface area contributed by atoms with Crippen LogP contribution in [0.3, 0.4) is 0 Å². The van der Waals surface area contributed by atoms with Crippen molar-refractivity contribution in [3.8, 4) is 0 Å². The molecule has 1 N–H and O–H groups in total. The Hall–Kier alpha value is -0.470. The Bertz CT molecular complexity index is 558. The molecule has 2 bridgehead atoms. The molecule has 2 fully saturated rings. The van der Waals surface area contributed by atoms with Crippen molar-refractivity contribution in [1.82, 2.24) is 9.62 Å². The number of hydrogen-bond donors (Lipinski definition) is 1. The van der Waals surface area contributed by atoms with Gasteiger partial charge in [0.05, 0.1) is 12.2 Å². The van der Waals surface area contributed by atoms with Gasteiger partial charge >= 0.3 is 0 Å². The van der Waals surface area contributed by atoms with Crippen molar-refractivity contribution >= 4 is 21.4 Å². The monoisotopic (exact) mass is 316 g/mol. The zero-order valence-corrected chi connectivity index (χ0v) is 13.2. The highest BCUT2D eigenvalue weighted by Crippen LogP contribution is 2.31. The summed E-state index contributed by atoms with van der Waals surface area (Å²) in [5, 5.41) is 5.13. The van der Waals surface area contributed by atoms with Gasteiger partial charge in [0.15, 0.2) is 0 Å². The van der Waals surface area contributed by atoms with Crippen LogP contribution in [0, 0.1) is 0 Å². The lowest BCUT2D eigenvalue weighted by atomic mass is 10.2. The van der Waals surface area contributed by atoms with Crippen molar-refractivity contribution in [2.75, 3.05) is 19.6 Å². The smallest absolute Gasteiger partial charge is 0.252 e. The maximum atomic E-state index is 12.7. The number of fused-ring (bicyclic) bond motifs is 2. The molecule has 7 heteroatoms. The van der Waals surface area contributed by atoms with Crippen LogP contribution in [0.2, 0.25) is 0 Å². The van der Waals surface area contributed by atoms with E-state index in [0.29, 0.717) is 17.3 Å². The summed E-state index contributed by atoms with van der Waals surface area (Å²) in [7, 11) is -3.35. The van der Waals surface area contributed by atoms with E-state index < -0.39 is 10.0 Å². The predicted molar refractivity (Wildman–Crippen MR) is 78.4 cm³/mol. The van der Waals surface area contributed by atoms with Crippen LogP contribution in [0.5, 0.6) is 0 Å². The van der Waals surface area contributed by atoms with Gasteiger partial charge in [0, 0.05) is 19.6 Å². The molecule has 2 unspecified atom stereocenters. The molecule has 0 amide bonds. The molecule has 5 nitrogen and oxygen atoms in total. The van der Waals surface area contributed by atoms with Gasteiger partial charge in [-0.05, 0) is 36.4 Å². The molecular formula is C13H20N2O3S2. The first-order valence-corrected chi connectivity index (χ1v) is 9.35. The molecule has 3 rings (SSSR count). The van der Waals surface area contributed by atoms with Gasteiger partial charge in [-0.2, -0.15) is 4.31 Å². The fraction of sp³-hybridized carbons (Fsp3) is 0.692. The summed E-state index contributed by atoms with van der Waals surface area (Å²) < 4.78 is 33.1. The van der Waals surface area contributed by atoms with Gasteiger partial charge < -0.3 is 10.1 Å². The molecule has 0 saturated carbocycles. The molecule has 1 aromatic rings. The maximum Gasteiger partial charge on any atom is 0.252 e. The molecule has 0 aliphatic carbocycles. The lowest BCUT2D eigenvalue weighted by molar-refractivity contribution is -0.0114. The van der Waals surface area contributed by atoms with Gasteiger partial charge in [0.2, 0.25) is 0 Å².